The second-order valence-electron chi connectivity index (χ2n) is 3.88. The zero-order valence-corrected chi connectivity index (χ0v) is 14.1. The van der Waals surface area contributed by atoms with Crippen LogP contribution < -0.4 is 0 Å². The minimum atomic E-state index is -0.373. The van der Waals surface area contributed by atoms with Crippen LogP contribution >= 0.6 is 15.9 Å². The molecule has 0 fully saturated rings. The van der Waals surface area contributed by atoms with Gasteiger partial charge in [0.25, 0.3) is 0 Å². The van der Waals surface area contributed by atoms with Gasteiger partial charge in [0.15, 0.2) is 5.78 Å². The van der Waals surface area contributed by atoms with Gasteiger partial charge in [-0.05, 0) is 38.0 Å². The molecule has 0 unspecified atom stereocenters. The molecule has 0 aliphatic rings. The molecule has 0 radical (unpaired) electrons. The van der Waals surface area contributed by atoms with Gasteiger partial charge in [0.2, 0.25) is 0 Å². The molecule has 0 amide bonds. The van der Waals surface area contributed by atoms with Crippen molar-refractivity contribution in [3.8, 4) is 0 Å². The van der Waals surface area contributed by atoms with Crippen LogP contribution in [0.3, 0.4) is 0 Å². The first kappa shape index (κ1) is 18.8. The van der Waals surface area contributed by atoms with Crippen LogP contribution in [0, 0.1) is 5.82 Å². The lowest BCUT2D eigenvalue weighted by Gasteiger charge is -2.05. The minimum Gasteiger partial charge on any atom is -0.294 e. The fraction of sp³-hybridized carbons (Fsp3) is 0.353. The van der Waals surface area contributed by atoms with E-state index in [4.69, 9.17) is 0 Å². The van der Waals surface area contributed by atoms with Crippen LogP contribution in [0.4, 0.5) is 4.39 Å². The van der Waals surface area contributed by atoms with E-state index in [1.807, 2.05) is 39.8 Å². The van der Waals surface area contributed by atoms with E-state index in [-0.39, 0.29) is 11.6 Å². The van der Waals surface area contributed by atoms with E-state index in [1.165, 1.54) is 12.1 Å². The Morgan fingerprint density at radius 3 is 2.35 bits per heavy atom. The van der Waals surface area contributed by atoms with Crippen LogP contribution in [0.2, 0.25) is 0 Å². The van der Waals surface area contributed by atoms with Gasteiger partial charge in [0.1, 0.15) is 5.82 Å². The fourth-order valence-electron chi connectivity index (χ4n) is 1.64. The normalized spacial score (nSPS) is 11.7. The molecule has 1 aromatic carbocycles. The summed E-state index contributed by atoms with van der Waals surface area (Å²) < 4.78 is 14.0. The van der Waals surface area contributed by atoms with Gasteiger partial charge in [-0.25, -0.2) is 4.39 Å². The van der Waals surface area contributed by atoms with Crippen molar-refractivity contribution in [1.29, 1.82) is 0 Å². The molecule has 110 valence electrons. The monoisotopic (exact) mass is 340 g/mol. The summed E-state index contributed by atoms with van der Waals surface area (Å²) in [5.74, 6) is -0.410. The van der Waals surface area contributed by atoms with Crippen molar-refractivity contribution in [2.24, 2.45) is 0 Å². The zero-order chi connectivity index (χ0) is 15.5. The molecule has 0 atom stereocenters. The van der Waals surface area contributed by atoms with E-state index in [2.05, 4.69) is 15.9 Å². The SMILES string of the molecule is C/C=C(CCC(=O)c1cccc(F)c1)\C(Br)=C/C.CC. The van der Waals surface area contributed by atoms with Crippen molar-refractivity contribution in [2.75, 3.05) is 0 Å². The van der Waals surface area contributed by atoms with Gasteiger partial charge >= 0.3 is 0 Å². The summed E-state index contributed by atoms with van der Waals surface area (Å²) in [4.78, 5) is 11.9. The molecule has 0 aliphatic heterocycles. The Morgan fingerprint density at radius 1 is 1.20 bits per heavy atom. The number of rotatable bonds is 5. The fourth-order valence-corrected chi connectivity index (χ4v) is 2.07. The third kappa shape index (κ3) is 6.29. The number of Topliss-reactive ketones (excluding diaryl/α,β-unsaturated/α-hetero) is 1. The van der Waals surface area contributed by atoms with Crippen LogP contribution in [-0.4, -0.2) is 5.78 Å². The van der Waals surface area contributed by atoms with Crippen LogP contribution in [-0.2, 0) is 0 Å². The average molecular weight is 341 g/mol. The van der Waals surface area contributed by atoms with Gasteiger partial charge < -0.3 is 0 Å². The number of carbonyl (C=O) groups is 1. The lowest BCUT2D eigenvalue weighted by Crippen LogP contribution is -2.00. The van der Waals surface area contributed by atoms with E-state index in [0.29, 0.717) is 18.4 Å². The van der Waals surface area contributed by atoms with Gasteiger partial charge in [0, 0.05) is 16.5 Å². The maximum atomic E-state index is 13.0. The summed E-state index contributed by atoms with van der Waals surface area (Å²) in [6.45, 7) is 7.87. The summed E-state index contributed by atoms with van der Waals surface area (Å²) in [7, 11) is 0. The number of hydrogen-bond donors (Lipinski definition) is 0. The Labute approximate surface area is 129 Å². The molecular formula is C17H22BrFO. The Bertz CT molecular complexity index is 490. The van der Waals surface area contributed by atoms with Gasteiger partial charge in [-0.3, -0.25) is 4.79 Å². The summed E-state index contributed by atoms with van der Waals surface area (Å²) >= 11 is 3.44. The van der Waals surface area contributed by atoms with Crippen molar-refractivity contribution in [3.05, 3.63) is 57.9 Å². The first-order chi connectivity index (χ1) is 9.58. The topological polar surface area (TPSA) is 17.1 Å². The van der Waals surface area contributed by atoms with Crippen molar-refractivity contribution in [2.45, 2.75) is 40.5 Å². The summed E-state index contributed by atoms with van der Waals surface area (Å²) in [5.41, 5.74) is 1.52. The Hall–Kier alpha value is -1.22. The van der Waals surface area contributed by atoms with E-state index in [9.17, 15) is 9.18 Å². The molecule has 1 nitrogen and oxygen atoms in total. The lowest BCUT2D eigenvalue weighted by atomic mass is 10.0. The van der Waals surface area contributed by atoms with E-state index in [1.54, 1.807) is 12.1 Å². The highest BCUT2D eigenvalue weighted by Gasteiger charge is 2.09. The van der Waals surface area contributed by atoms with Crippen molar-refractivity contribution in [3.63, 3.8) is 0 Å². The number of hydrogen-bond acceptors (Lipinski definition) is 1. The minimum absolute atomic E-state index is 0.0368. The van der Waals surface area contributed by atoms with Crippen molar-refractivity contribution < 1.29 is 9.18 Å². The standard InChI is InChI=1S/C15H16BrFO.C2H6/c1-3-11(14(16)4-2)8-9-15(18)12-6-5-7-13(17)10-12;1-2/h3-7,10H,8-9H2,1-2H3;1-2H3/b11-3-,14-4+;. The molecule has 0 heterocycles. The van der Waals surface area contributed by atoms with Crippen LogP contribution in [0.25, 0.3) is 0 Å². The maximum Gasteiger partial charge on any atom is 0.163 e. The zero-order valence-electron chi connectivity index (χ0n) is 12.5. The molecule has 3 heteroatoms. The molecule has 1 aromatic rings. The third-order valence-electron chi connectivity index (χ3n) is 2.68. The Morgan fingerprint density at radius 2 is 1.85 bits per heavy atom. The highest BCUT2D eigenvalue weighted by atomic mass is 79.9. The number of benzene rings is 1. The highest BCUT2D eigenvalue weighted by Crippen LogP contribution is 2.22. The average Bonchev–Trinajstić information content (AvgIpc) is 2.49. The number of allylic oxidation sites excluding steroid dienone is 4. The molecule has 0 saturated carbocycles. The number of carbonyl (C=O) groups excluding carboxylic acids is 1. The van der Waals surface area contributed by atoms with Gasteiger partial charge in [-0.1, -0.05) is 54.1 Å². The molecule has 0 bridgehead atoms. The molecule has 0 saturated heterocycles. The molecule has 0 spiro atoms. The Kier molecular flexibility index (Phi) is 9.91. The molecule has 0 aliphatic carbocycles. The van der Waals surface area contributed by atoms with Crippen molar-refractivity contribution >= 4 is 21.7 Å². The van der Waals surface area contributed by atoms with E-state index in [0.717, 1.165) is 10.1 Å². The second kappa shape index (κ2) is 10.6. The second-order valence-corrected chi connectivity index (χ2v) is 4.74. The van der Waals surface area contributed by atoms with Gasteiger partial charge in [0.05, 0.1) is 0 Å². The molecule has 0 aromatic heterocycles. The predicted molar refractivity (Wildman–Crippen MR) is 87.8 cm³/mol. The largest absolute Gasteiger partial charge is 0.294 e. The van der Waals surface area contributed by atoms with E-state index >= 15 is 0 Å². The van der Waals surface area contributed by atoms with E-state index < -0.39 is 0 Å². The summed E-state index contributed by atoms with van der Waals surface area (Å²) in [6, 6.07) is 5.82. The summed E-state index contributed by atoms with van der Waals surface area (Å²) in [6.07, 6.45) is 4.95. The maximum absolute atomic E-state index is 13.0. The smallest absolute Gasteiger partial charge is 0.163 e. The molecule has 1 rings (SSSR count). The Balaban J connectivity index is 0.00000172. The lowest BCUT2D eigenvalue weighted by molar-refractivity contribution is 0.0982. The molecule has 0 N–H and O–H groups in total. The molecule has 20 heavy (non-hydrogen) atoms. The first-order valence-corrected chi connectivity index (χ1v) is 7.64. The van der Waals surface area contributed by atoms with Gasteiger partial charge in [-0.15, -0.1) is 0 Å². The van der Waals surface area contributed by atoms with Crippen molar-refractivity contribution in [1.82, 2.24) is 0 Å². The van der Waals surface area contributed by atoms with Crippen LogP contribution in [0.5, 0.6) is 0 Å². The first-order valence-electron chi connectivity index (χ1n) is 6.84. The summed E-state index contributed by atoms with van der Waals surface area (Å²) in [5, 5.41) is 0. The van der Waals surface area contributed by atoms with Gasteiger partial charge in [-0.2, -0.15) is 0 Å². The van der Waals surface area contributed by atoms with Crippen LogP contribution in [0.1, 0.15) is 50.9 Å². The third-order valence-corrected chi connectivity index (χ3v) is 3.64. The number of ketones is 1. The van der Waals surface area contributed by atoms with Crippen LogP contribution in [0.15, 0.2) is 46.5 Å². The quantitative estimate of drug-likeness (QED) is 0.470. The molecular weight excluding hydrogens is 319 g/mol. The number of halogens is 2. The highest BCUT2D eigenvalue weighted by molar-refractivity contribution is 9.12. The predicted octanol–water partition coefficient (Wildman–Crippen LogP) is 6.06.